The Kier molecular flexibility index (Phi) is 8.86. The Hall–Kier alpha value is -3.74. The standard InChI is InChI=1S/C29H32F3N5O3S/c1-28(33,18-20-9-5-4-6-10-20)27-36-35-26(40-27)23-15-22(16-24(17-23)37(2)41(3,38)39)25-12-8-7-11-21(25)19-34-14-13-29(30,31)32/h4-12,15-17,34H,13-14,18-19,33H2,1-3H3. The molecular formula is C29H32F3N5O3S. The number of nitrogens with two attached hydrogens (primary N) is 1. The lowest BCUT2D eigenvalue weighted by atomic mass is 9.94. The predicted octanol–water partition coefficient (Wildman–Crippen LogP) is 5.26. The van der Waals surface area contributed by atoms with Gasteiger partial charge < -0.3 is 15.5 Å². The van der Waals surface area contributed by atoms with E-state index >= 15 is 0 Å². The van der Waals surface area contributed by atoms with Gasteiger partial charge in [-0.05, 0) is 53.8 Å². The summed E-state index contributed by atoms with van der Waals surface area (Å²) < 4.78 is 69.8. The maximum atomic E-state index is 12.6. The first-order chi connectivity index (χ1) is 19.2. The van der Waals surface area contributed by atoms with Crippen LogP contribution >= 0.6 is 0 Å². The smallest absolute Gasteiger partial charge is 0.390 e. The normalized spacial score (nSPS) is 13.6. The Labute approximate surface area is 237 Å². The molecule has 1 atom stereocenters. The molecular weight excluding hydrogens is 555 g/mol. The Morgan fingerprint density at radius 1 is 0.976 bits per heavy atom. The van der Waals surface area contributed by atoms with Crippen molar-refractivity contribution in [2.45, 2.75) is 38.0 Å². The maximum Gasteiger partial charge on any atom is 0.390 e. The van der Waals surface area contributed by atoms with Gasteiger partial charge in [0.05, 0.1) is 23.9 Å². The molecule has 0 bridgehead atoms. The molecule has 0 radical (unpaired) electrons. The molecule has 0 aliphatic rings. The monoisotopic (exact) mass is 587 g/mol. The van der Waals surface area contributed by atoms with E-state index in [1.54, 1.807) is 43.3 Å². The van der Waals surface area contributed by atoms with Crippen molar-refractivity contribution in [1.29, 1.82) is 0 Å². The van der Waals surface area contributed by atoms with Gasteiger partial charge in [-0.15, -0.1) is 10.2 Å². The lowest BCUT2D eigenvalue weighted by Gasteiger charge is -2.20. The molecule has 0 fully saturated rings. The van der Waals surface area contributed by atoms with Crippen LogP contribution in [-0.4, -0.2) is 44.6 Å². The zero-order valence-electron chi connectivity index (χ0n) is 22.9. The molecule has 0 saturated heterocycles. The van der Waals surface area contributed by atoms with E-state index in [1.807, 2.05) is 36.4 Å². The highest BCUT2D eigenvalue weighted by Gasteiger charge is 2.29. The van der Waals surface area contributed by atoms with Gasteiger partial charge in [0.1, 0.15) is 0 Å². The fourth-order valence-electron chi connectivity index (χ4n) is 4.34. The van der Waals surface area contributed by atoms with Crippen molar-refractivity contribution < 1.29 is 26.0 Å². The van der Waals surface area contributed by atoms with Crippen molar-refractivity contribution in [2.75, 3.05) is 24.2 Å². The van der Waals surface area contributed by atoms with Crippen LogP contribution in [0.15, 0.2) is 77.2 Å². The third kappa shape index (κ3) is 7.93. The average molecular weight is 588 g/mol. The number of alkyl halides is 3. The molecule has 1 aromatic heterocycles. The Morgan fingerprint density at radius 3 is 2.32 bits per heavy atom. The minimum atomic E-state index is -4.25. The molecule has 218 valence electrons. The molecule has 3 aromatic carbocycles. The number of sulfonamides is 1. The summed E-state index contributed by atoms with van der Waals surface area (Å²) >= 11 is 0. The van der Waals surface area contributed by atoms with E-state index in [-0.39, 0.29) is 24.9 Å². The number of hydrogen-bond donors (Lipinski definition) is 2. The SMILES string of the molecule is CN(c1cc(-c2nnc(C(C)(N)Cc3ccccc3)o2)cc(-c2ccccc2CNCCC(F)(F)F)c1)S(C)(=O)=O. The number of hydrogen-bond acceptors (Lipinski definition) is 7. The maximum absolute atomic E-state index is 12.6. The van der Waals surface area contributed by atoms with Crippen molar-refractivity contribution in [3.05, 3.63) is 89.8 Å². The second-order valence-electron chi connectivity index (χ2n) is 10.2. The second-order valence-corrected chi connectivity index (χ2v) is 12.2. The molecule has 0 amide bonds. The topological polar surface area (TPSA) is 114 Å². The fourth-order valence-corrected chi connectivity index (χ4v) is 4.83. The van der Waals surface area contributed by atoms with Crippen LogP contribution in [0, 0.1) is 0 Å². The highest BCUT2D eigenvalue weighted by Crippen LogP contribution is 2.35. The first kappa shape index (κ1) is 30.2. The first-order valence-electron chi connectivity index (χ1n) is 12.8. The van der Waals surface area contributed by atoms with Crippen LogP contribution in [0.4, 0.5) is 18.9 Å². The van der Waals surface area contributed by atoms with Gasteiger partial charge in [-0.3, -0.25) is 4.31 Å². The molecule has 41 heavy (non-hydrogen) atoms. The minimum absolute atomic E-state index is 0.149. The minimum Gasteiger partial charge on any atom is -0.419 e. The van der Waals surface area contributed by atoms with Crippen molar-refractivity contribution in [2.24, 2.45) is 5.73 Å². The molecule has 3 N–H and O–H groups in total. The van der Waals surface area contributed by atoms with E-state index in [4.69, 9.17) is 10.2 Å². The lowest BCUT2D eigenvalue weighted by Crippen LogP contribution is -2.35. The summed E-state index contributed by atoms with van der Waals surface area (Å²) in [6.07, 6.45) is -3.66. The summed E-state index contributed by atoms with van der Waals surface area (Å²) in [4.78, 5) is 0. The molecule has 4 aromatic rings. The summed E-state index contributed by atoms with van der Waals surface area (Å²) in [5.74, 6) is 0.365. The number of nitrogens with zero attached hydrogens (tertiary/aromatic N) is 3. The molecule has 0 saturated carbocycles. The Bertz CT molecular complexity index is 1590. The van der Waals surface area contributed by atoms with E-state index in [0.29, 0.717) is 28.8 Å². The third-order valence-corrected chi connectivity index (χ3v) is 7.79. The van der Waals surface area contributed by atoms with Crippen molar-refractivity contribution in [3.63, 3.8) is 0 Å². The van der Waals surface area contributed by atoms with E-state index in [9.17, 15) is 21.6 Å². The lowest BCUT2D eigenvalue weighted by molar-refractivity contribution is -0.133. The number of anilines is 1. The molecule has 12 heteroatoms. The van der Waals surface area contributed by atoms with Gasteiger partial charge in [0, 0.05) is 25.7 Å². The molecule has 4 rings (SSSR count). The molecule has 0 aliphatic carbocycles. The highest BCUT2D eigenvalue weighted by molar-refractivity contribution is 7.92. The van der Waals surface area contributed by atoms with Gasteiger partial charge in [0.15, 0.2) is 0 Å². The van der Waals surface area contributed by atoms with Gasteiger partial charge in [-0.2, -0.15) is 13.2 Å². The van der Waals surface area contributed by atoms with Gasteiger partial charge in [0.2, 0.25) is 21.8 Å². The fraction of sp³-hybridized carbons (Fsp3) is 0.310. The van der Waals surface area contributed by atoms with Crippen LogP contribution < -0.4 is 15.4 Å². The molecule has 0 aliphatic heterocycles. The van der Waals surface area contributed by atoms with E-state index in [0.717, 1.165) is 21.7 Å². The van der Waals surface area contributed by atoms with Gasteiger partial charge in [-0.1, -0.05) is 54.6 Å². The van der Waals surface area contributed by atoms with Crippen molar-refractivity contribution in [3.8, 4) is 22.6 Å². The van der Waals surface area contributed by atoms with Gasteiger partial charge >= 0.3 is 6.18 Å². The van der Waals surface area contributed by atoms with Crippen molar-refractivity contribution >= 4 is 15.7 Å². The predicted molar refractivity (Wildman–Crippen MR) is 152 cm³/mol. The van der Waals surface area contributed by atoms with Crippen LogP contribution in [0.3, 0.4) is 0 Å². The quantitative estimate of drug-likeness (QED) is 0.230. The number of nitrogens with one attached hydrogen (secondary N) is 1. The first-order valence-corrected chi connectivity index (χ1v) is 14.7. The average Bonchev–Trinajstić information content (AvgIpc) is 3.42. The molecule has 8 nitrogen and oxygen atoms in total. The van der Waals surface area contributed by atoms with Gasteiger partial charge in [-0.25, -0.2) is 8.42 Å². The van der Waals surface area contributed by atoms with E-state index < -0.39 is 28.2 Å². The van der Waals surface area contributed by atoms with Crippen LogP contribution in [0.5, 0.6) is 0 Å². The van der Waals surface area contributed by atoms with E-state index in [1.165, 1.54) is 7.05 Å². The van der Waals surface area contributed by atoms with Crippen LogP contribution in [0.25, 0.3) is 22.6 Å². The van der Waals surface area contributed by atoms with Gasteiger partial charge in [0.25, 0.3) is 0 Å². The van der Waals surface area contributed by atoms with Crippen molar-refractivity contribution in [1.82, 2.24) is 15.5 Å². The Morgan fingerprint density at radius 2 is 1.63 bits per heavy atom. The summed E-state index contributed by atoms with van der Waals surface area (Å²) in [6, 6.07) is 22.0. The van der Waals surface area contributed by atoms with E-state index in [2.05, 4.69) is 15.5 Å². The summed E-state index contributed by atoms with van der Waals surface area (Å²) in [7, 11) is -2.19. The molecule has 0 spiro atoms. The summed E-state index contributed by atoms with van der Waals surface area (Å²) in [5.41, 5.74) is 9.48. The molecule has 1 unspecified atom stereocenters. The highest BCUT2D eigenvalue weighted by atomic mass is 32.2. The number of aromatic nitrogens is 2. The second kappa shape index (κ2) is 12.0. The summed E-state index contributed by atoms with van der Waals surface area (Å²) in [5, 5.41) is 11.2. The summed E-state index contributed by atoms with van der Waals surface area (Å²) in [6.45, 7) is 1.74. The van der Waals surface area contributed by atoms with Crippen LogP contribution in [-0.2, 0) is 28.5 Å². The number of rotatable bonds is 11. The number of benzene rings is 3. The third-order valence-electron chi connectivity index (χ3n) is 6.58. The number of halogens is 3. The Balaban J connectivity index is 1.71. The largest absolute Gasteiger partial charge is 0.419 e. The zero-order valence-corrected chi connectivity index (χ0v) is 23.8. The van der Waals surface area contributed by atoms with Crippen LogP contribution in [0.2, 0.25) is 0 Å². The zero-order chi connectivity index (χ0) is 29.8. The van der Waals surface area contributed by atoms with Crippen LogP contribution in [0.1, 0.15) is 30.4 Å². The molecule has 1 heterocycles.